The number of aromatic nitrogens is 2. The molecule has 0 radical (unpaired) electrons. The van der Waals surface area contributed by atoms with E-state index < -0.39 is 0 Å². The highest BCUT2D eigenvalue weighted by atomic mass is 32.1. The van der Waals surface area contributed by atoms with Gasteiger partial charge in [-0.25, -0.2) is 0 Å². The summed E-state index contributed by atoms with van der Waals surface area (Å²) in [5, 5.41) is 6.92. The van der Waals surface area contributed by atoms with Gasteiger partial charge in [-0.2, -0.15) is 0 Å². The summed E-state index contributed by atoms with van der Waals surface area (Å²) in [6.45, 7) is 4.04. The molecule has 14 heavy (non-hydrogen) atoms. The molecule has 1 amide bonds. The SMILES string of the molecule is CC(C)c1nnsc1C(=O)NC1CC1. The van der Waals surface area contributed by atoms with E-state index in [1.807, 2.05) is 13.8 Å². The van der Waals surface area contributed by atoms with Gasteiger partial charge >= 0.3 is 0 Å². The normalized spacial score (nSPS) is 15.9. The van der Waals surface area contributed by atoms with E-state index in [4.69, 9.17) is 0 Å². The molecule has 76 valence electrons. The Bertz CT molecular complexity index is 344. The maximum absolute atomic E-state index is 11.7. The first-order valence-electron chi connectivity index (χ1n) is 4.81. The summed E-state index contributed by atoms with van der Waals surface area (Å²) < 4.78 is 3.82. The van der Waals surface area contributed by atoms with Crippen molar-refractivity contribution in [3.05, 3.63) is 10.6 Å². The Hall–Kier alpha value is -0.970. The lowest BCUT2D eigenvalue weighted by atomic mass is 10.1. The molecule has 1 fully saturated rings. The minimum absolute atomic E-state index is 0.00815. The third-order valence-corrected chi connectivity index (χ3v) is 2.92. The molecule has 0 atom stereocenters. The van der Waals surface area contributed by atoms with Gasteiger partial charge in [-0.15, -0.1) is 5.10 Å². The molecular weight excluding hydrogens is 198 g/mol. The number of nitrogens with zero attached hydrogens (tertiary/aromatic N) is 2. The fourth-order valence-corrected chi connectivity index (χ4v) is 1.93. The van der Waals surface area contributed by atoms with E-state index in [1.165, 1.54) is 11.5 Å². The molecule has 1 aliphatic rings. The predicted octanol–water partition coefficient (Wildman–Crippen LogP) is 1.55. The van der Waals surface area contributed by atoms with Gasteiger partial charge in [0.15, 0.2) is 0 Å². The summed E-state index contributed by atoms with van der Waals surface area (Å²) in [5.41, 5.74) is 0.813. The van der Waals surface area contributed by atoms with Crippen molar-refractivity contribution in [3.63, 3.8) is 0 Å². The van der Waals surface area contributed by atoms with Crippen molar-refractivity contribution in [1.82, 2.24) is 14.9 Å². The Morgan fingerprint density at radius 1 is 1.57 bits per heavy atom. The van der Waals surface area contributed by atoms with Crippen LogP contribution in [-0.4, -0.2) is 21.5 Å². The van der Waals surface area contributed by atoms with Crippen molar-refractivity contribution in [1.29, 1.82) is 0 Å². The van der Waals surface area contributed by atoms with Crippen LogP contribution in [0.5, 0.6) is 0 Å². The third-order valence-electron chi connectivity index (χ3n) is 2.18. The number of carbonyl (C=O) groups is 1. The van der Waals surface area contributed by atoms with Gasteiger partial charge in [-0.05, 0) is 30.3 Å². The van der Waals surface area contributed by atoms with Crippen molar-refractivity contribution >= 4 is 17.4 Å². The van der Waals surface area contributed by atoms with Gasteiger partial charge < -0.3 is 5.32 Å². The van der Waals surface area contributed by atoms with Gasteiger partial charge in [-0.1, -0.05) is 18.3 Å². The van der Waals surface area contributed by atoms with E-state index in [9.17, 15) is 4.79 Å². The summed E-state index contributed by atoms with van der Waals surface area (Å²) in [4.78, 5) is 12.4. The lowest BCUT2D eigenvalue weighted by Gasteiger charge is -2.04. The molecule has 0 spiro atoms. The van der Waals surface area contributed by atoms with Crippen LogP contribution in [0.15, 0.2) is 0 Å². The quantitative estimate of drug-likeness (QED) is 0.825. The van der Waals surface area contributed by atoms with Crippen LogP contribution in [0.1, 0.15) is 48.0 Å². The Balaban J connectivity index is 2.13. The summed E-state index contributed by atoms with van der Waals surface area (Å²) in [7, 11) is 0. The summed E-state index contributed by atoms with van der Waals surface area (Å²) >= 11 is 1.18. The van der Waals surface area contributed by atoms with Gasteiger partial charge in [-0.3, -0.25) is 4.79 Å². The summed E-state index contributed by atoms with van der Waals surface area (Å²) in [6.07, 6.45) is 2.21. The molecule has 0 saturated heterocycles. The summed E-state index contributed by atoms with van der Waals surface area (Å²) in [6, 6.07) is 0.393. The van der Waals surface area contributed by atoms with E-state index >= 15 is 0 Å². The van der Waals surface area contributed by atoms with E-state index in [2.05, 4.69) is 14.9 Å². The van der Waals surface area contributed by atoms with Crippen LogP contribution in [-0.2, 0) is 0 Å². The van der Waals surface area contributed by atoms with Crippen LogP contribution in [0.3, 0.4) is 0 Å². The average molecular weight is 211 g/mol. The lowest BCUT2D eigenvalue weighted by Crippen LogP contribution is -2.25. The molecule has 1 aromatic rings. The van der Waals surface area contributed by atoms with Crippen LogP contribution in [0, 0.1) is 0 Å². The molecular formula is C9H13N3OS. The van der Waals surface area contributed by atoms with Crippen molar-refractivity contribution in [2.75, 3.05) is 0 Å². The molecule has 0 aliphatic heterocycles. The second kappa shape index (κ2) is 3.65. The van der Waals surface area contributed by atoms with Gasteiger partial charge in [0.05, 0.1) is 5.69 Å². The van der Waals surface area contributed by atoms with Gasteiger partial charge in [0.25, 0.3) is 5.91 Å². The monoisotopic (exact) mass is 211 g/mol. The number of carbonyl (C=O) groups excluding carboxylic acids is 1. The molecule has 0 aromatic carbocycles. The molecule has 0 unspecified atom stereocenters. The van der Waals surface area contributed by atoms with Crippen molar-refractivity contribution in [2.24, 2.45) is 0 Å². The van der Waals surface area contributed by atoms with Gasteiger partial charge in [0.2, 0.25) is 0 Å². The molecule has 1 heterocycles. The van der Waals surface area contributed by atoms with Crippen LogP contribution in [0.2, 0.25) is 0 Å². The molecule has 4 nitrogen and oxygen atoms in total. The highest BCUT2D eigenvalue weighted by Crippen LogP contribution is 2.23. The summed E-state index contributed by atoms with van der Waals surface area (Å²) in [5.74, 6) is 0.250. The number of hydrogen-bond donors (Lipinski definition) is 1. The Labute approximate surface area is 86.9 Å². The first-order chi connectivity index (χ1) is 6.68. The van der Waals surface area contributed by atoms with Crippen molar-refractivity contribution < 1.29 is 4.79 Å². The number of hydrogen-bond acceptors (Lipinski definition) is 4. The highest BCUT2D eigenvalue weighted by molar-refractivity contribution is 7.08. The maximum Gasteiger partial charge on any atom is 0.265 e. The van der Waals surface area contributed by atoms with Crippen molar-refractivity contribution in [2.45, 2.75) is 38.6 Å². The number of nitrogens with one attached hydrogen (secondary N) is 1. The van der Waals surface area contributed by atoms with Crippen LogP contribution in [0.25, 0.3) is 0 Å². The smallest absolute Gasteiger partial charge is 0.265 e. The number of amides is 1. The molecule has 2 rings (SSSR count). The van der Waals surface area contributed by atoms with Crippen molar-refractivity contribution in [3.8, 4) is 0 Å². The predicted molar refractivity (Wildman–Crippen MR) is 54.5 cm³/mol. The molecule has 1 aliphatic carbocycles. The first-order valence-corrected chi connectivity index (χ1v) is 5.59. The second-order valence-corrected chi connectivity index (χ2v) is 4.64. The third kappa shape index (κ3) is 1.92. The second-order valence-electron chi connectivity index (χ2n) is 3.89. The van der Waals surface area contributed by atoms with Gasteiger partial charge in [0.1, 0.15) is 4.88 Å². The minimum Gasteiger partial charge on any atom is -0.348 e. The van der Waals surface area contributed by atoms with Crippen LogP contribution in [0.4, 0.5) is 0 Å². The van der Waals surface area contributed by atoms with Crippen LogP contribution >= 0.6 is 11.5 Å². The largest absolute Gasteiger partial charge is 0.348 e. The zero-order valence-electron chi connectivity index (χ0n) is 8.28. The Morgan fingerprint density at radius 3 is 2.86 bits per heavy atom. The van der Waals surface area contributed by atoms with E-state index in [1.54, 1.807) is 0 Å². The standard InChI is InChI=1S/C9H13N3OS/c1-5(2)7-8(14-12-11-7)9(13)10-6-3-4-6/h5-6H,3-4H2,1-2H3,(H,10,13). The molecule has 0 bridgehead atoms. The zero-order chi connectivity index (χ0) is 10.1. The Kier molecular flexibility index (Phi) is 2.50. The topological polar surface area (TPSA) is 54.9 Å². The van der Waals surface area contributed by atoms with E-state index in [0.29, 0.717) is 10.9 Å². The average Bonchev–Trinajstić information content (AvgIpc) is 2.81. The van der Waals surface area contributed by atoms with E-state index in [0.717, 1.165) is 18.5 Å². The number of rotatable bonds is 3. The molecule has 5 heteroatoms. The fourth-order valence-electron chi connectivity index (χ4n) is 1.21. The molecule has 1 aromatic heterocycles. The lowest BCUT2D eigenvalue weighted by molar-refractivity contribution is 0.0953. The first kappa shape index (κ1) is 9.58. The van der Waals surface area contributed by atoms with E-state index in [-0.39, 0.29) is 11.8 Å². The fraction of sp³-hybridized carbons (Fsp3) is 0.667. The minimum atomic E-state index is -0.00815. The maximum atomic E-state index is 11.7. The van der Waals surface area contributed by atoms with Gasteiger partial charge in [0, 0.05) is 6.04 Å². The van der Waals surface area contributed by atoms with Crippen LogP contribution < -0.4 is 5.32 Å². The Morgan fingerprint density at radius 2 is 2.29 bits per heavy atom. The zero-order valence-corrected chi connectivity index (χ0v) is 9.10. The highest BCUT2D eigenvalue weighted by Gasteiger charge is 2.26. The molecule has 1 saturated carbocycles. The molecule has 1 N–H and O–H groups in total.